The maximum absolute atomic E-state index is 12.8. The molecule has 0 aliphatic rings. The Labute approximate surface area is 163 Å². The van der Waals surface area contributed by atoms with Gasteiger partial charge in [0, 0.05) is 0 Å². The number of amides is 2. The molecule has 154 valence electrons. The molecule has 0 unspecified atom stereocenters. The summed E-state index contributed by atoms with van der Waals surface area (Å²) in [6.07, 6.45) is -0.628. The SMILES string of the molecule is COC(=O)C[C@H](NC(=O)[C@H](NC(=O)[C@@H](N)CC(=O)O)C(C)C)c1ccccc1. The summed E-state index contributed by atoms with van der Waals surface area (Å²) >= 11 is 0. The lowest BCUT2D eigenvalue weighted by Gasteiger charge is -2.26. The average Bonchev–Trinajstić information content (AvgIpc) is 2.64. The molecule has 9 heteroatoms. The Balaban J connectivity index is 2.93. The fourth-order valence-corrected chi connectivity index (χ4v) is 2.53. The van der Waals surface area contributed by atoms with Crippen molar-refractivity contribution in [2.45, 2.75) is 44.8 Å². The fourth-order valence-electron chi connectivity index (χ4n) is 2.53. The summed E-state index contributed by atoms with van der Waals surface area (Å²) in [5, 5.41) is 14.0. The van der Waals surface area contributed by atoms with Crippen LogP contribution >= 0.6 is 0 Å². The van der Waals surface area contributed by atoms with Crippen LogP contribution in [0.3, 0.4) is 0 Å². The molecule has 0 aromatic heterocycles. The van der Waals surface area contributed by atoms with Crippen LogP contribution in [0.1, 0.15) is 38.3 Å². The van der Waals surface area contributed by atoms with Crippen LogP contribution in [0.25, 0.3) is 0 Å². The second-order valence-electron chi connectivity index (χ2n) is 6.69. The minimum Gasteiger partial charge on any atom is -0.481 e. The predicted octanol–water partition coefficient (Wildman–Crippen LogP) is 0.350. The molecule has 0 fully saturated rings. The van der Waals surface area contributed by atoms with E-state index in [9.17, 15) is 19.2 Å². The lowest BCUT2D eigenvalue weighted by Crippen LogP contribution is -2.54. The van der Waals surface area contributed by atoms with Gasteiger partial charge in [0.2, 0.25) is 11.8 Å². The van der Waals surface area contributed by atoms with Crippen molar-refractivity contribution in [2.24, 2.45) is 11.7 Å². The first kappa shape index (κ1) is 23.1. The molecule has 1 aromatic rings. The van der Waals surface area contributed by atoms with Crippen LogP contribution in [0.4, 0.5) is 0 Å². The number of carboxylic acid groups (broad SMARTS) is 1. The van der Waals surface area contributed by atoms with Gasteiger partial charge in [-0.2, -0.15) is 0 Å². The highest BCUT2D eigenvalue weighted by Gasteiger charge is 2.29. The van der Waals surface area contributed by atoms with Gasteiger partial charge in [-0.3, -0.25) is 19.2 Å². The number of nitrogens with one attached hydrogen (secondary N) is 2. The first-order valence-corrected chi connectivity index (χ1v) is 8.85. The number of methoxy groups -OCH3 is 1. The number of esters is 1. The number of carbonyl (C=O) groups is 4. The van der Waals surface area contributed by atoms with Crippen molar-refractivity contribution in [1.29, 1.82) is 0 Å². The minimum absolute atomic E-state index is 0.0798. The van der Waals surface area contributed by atoms with Crippen LogP contribution < -0.4 is 16.4 Å². The smallest absolute Gasteiger partial charge is 0.307 e. The number of hydrogen-bond donors (Lipinski definition) is 4. The van der Waals surface area contributed by atoms with Crippen molar-refractivity contribution < 1.29 is 29.0 Å². The van der Waals surface area contributed by atoms with Gasteiger partial charge in [-0.15, -0.1) is 0 Å². The largest absolute Gasteiger partial charge is 0.481 e. The zero-order valence-electron chi connectivity index (χ0n) is 16.2. The Kier molecular flexibility index (Phi) is 9.10. The van der Waals surface area contributed by atoms with Crippen LogP contribution in [0.5, 0.6) is 0 Å². The van der Waals surface area contributed by atoms with E-state index < -0.39 is 48.3 Å². The molecule has 0 saturated carbocycles. The lowest BCUT2D eigenvalue weighted by atomic mass is 9.99. The van der Waals surface area contributed by atoms with E-state index in [1.54, 1.807) is 38.1 Å². The normalized spacial score (nSPS) is 13.9. The van der Waals surface area contributed by atoms with Crippen molar-refractivity contribution in [3.63, 3.8) is 0 Å². The van der Waals surface area contributed by atoms with Crippen LogP contribution in [0.15, 0.2) is 30.3 Å². The van der Waals surface area contributed by atoms with E-state index in [1.807, 2.05) is 6.07 Å². The Hall–Kier alpha value is -2.94. The van der Waals surface area contributed by atoms with Crippen LogP contribution in [0.2, 0.25) is 0 Å². The van der Waals surface area contributed by atoms with E-state index in [-0.39, 0.29) is 12.3 Å². The first-order valence-electron chi connectivity index (χ1n) is 8.85. The van der Waals surface area contributed by atoms with Crippen LogP contribution in [0, 0.1) is 5.92 Å². The summed E-state index contributed by atoms with van der Waals surface area (Å²) < 4.78 is 4.69. The number of aliphatic carboxylic acids is 1. The van der Waals surface area contributed by atoms with Crippen molar-refractivity contribution in [3.05, 3.63) is 35.9 Å². The summed E-state index contributed by atoms with van der Waals surface area (Å²) in [4.78, 5) is 47.4. The molecule has 1 rings (SSSR count). The maximum Gasteiger partial charge on any atom is 0.307 e. The van der Waals surface area contributed by atoms with Crippen molar-refractivity contribution >= 4 is 23.8 Å². The monoisotopic (exact) mass is 393 g/mol. The highest BCUT2D eigenvalue weighted by Crippen LogP contribution is 2.18. The molecule has 3 atom stereocenters. The molecule has 0 aliphatic heterocycles. The predicted molar refractivity (Wildman–Crippen MR) is 101 cm³/mol. The molecule has 5 N–H and O–H groups in total. The van der Waals surface area contributed by atoms with Gasteiger partial charge in [-0.05, 0) is 11.5 Å². The summed E-state index contributed by atoms with van der Waals surface area (Å²) in [5.74, 6) is -3.25. The van der Waals surface area contributed by atoms with E-state index in [1.165, 1.54) is 7.11 Å². The molecule has 0 radical (unpaired) electrons. The fraction of sp³-hybridized carbons (Fsp3) is 0.474. The number of carboxylic acids is 1. The molecule has 1 aromatic carbocycles. The Morgan fingerprint density at radius 2 is 1.64 bits per heavy atom. The maximum atomic E-state index is 12.8. The second kappa shape index (κ2) is 11.0. The molecular weight excluding hydrogens is 366 g/mol. The first-order chi connectivity index (χ1) is 13.1. The number of carbonyl (C=O) groups excluding carboxylic acids is 3. The molecule has 0 spiro atoms. The molecular formula is C19H27N3O6. The van der Waals surface area contributed by atoms with E-state index in [0.29, 0.717) is 5.56 Å². The average molecular weight is 393 g/mol. The summed E-state index contributed by atoms with van der Waals surface area (Å²) in [6, 6.07) is 6.02. The Morgan fingerprint density at radius 1 is 1.04 bits per heavy atom. The number of hydrogen-bond acceptors (Lipinski definition) is 6. The number of benzene rings is 1. The zero-order chi connectivity index (χ0) is 21.3. The molecule has 9 nitrogen and oxygen atoms in total. The third-order valence-electron chi connectivity index (χ3n) is 4.10. The third-order valence-corrected chi connectivity index (χ3v) is 4.10. The van der Waals surface area contributed by atoms with Gasteiger partial charge in [0.15, 0.2) is 0 Å². The van der Waals surface area contributed by atoms with Gasteiger partial charge in [-0.25, -0.2) is 0 Å². The van der Waals surface area contributed by atoms with E-state index in [2.05, 4.69) is 10.6 Å². The van der Waals surface area contributed by atoms with Gasteiger partial charge in [0.1, 0.15) is 6.04 Å². The highest BCUT2D eigenvalue weighted by atomic mass is 16.5. The second-order valence-corrected chi connectivity index (χ2v) is 6.69. The van der Waals surface area contributed by atoms with Gasteiger partial charge < -0.3 is 26.2 Å². The topological polar surface area (TPSA) is 148 Å². The van der Waals surface area contributed by atoms with Crippen LogP contribution in [-0.2, 0) is 23.9 Å². The molecule has 0 aliphatic carbocycles. The minimum atomic E-state index is -1.27. The summed E-state index contributed by atoms with van der Waals surface area (Å²) in [6.45, 7) is 3.45. The number of nitrogens with two attached hydrogens (primary N) is 1. The lowest BCUT2D eigenvalue weighted by molar-refractivity contribution is -0.141. The molecule has 28 heavy (non-hydrogen) atoms. The molecule has 0 bridgehead atoms. The summed E-state index contributed by atoms with van der Waals surface area (Å²) in [7, 11) is 1.26. The molecule has 0 saturated heterocycles. The Bertz CT molecular complexity index is 692. The number of rotatable bonds is 10. The van der Waals surface area contributed by atoms with Gasteiger partial charge in [-0.1, -0.05) is 44.2 Å². The van der Waals surface area contributed by atoms with Crippen molar-refractivity contribution in [1.82, 2.24) is 10.6 Å². The standard InChI is InChI=1S/C19H27N3O6/c1-11(2)17(22-18(26)13(20)9-15(23)24)19(27)21-14(10-16(25)28-3)12-7-5-4-6-8-12/h4-8,11,13-14,17H,9-10,20H2,1-3H3,(H,21,27)(H,22,26)(H,23,24)/t13-,14-,17+/m0/s1. The van der Waals surface area contributed by atoms with E-state index in [0.717, 1.165) is 0 Å². The zero-order valence-corrected chi connectivity index (χ0v) is 16.2. The van der Waals surface area contributed by atoms with Gasteiger partial charge >= 0.3 is 11.9 Å². The van der Waals surface area contributed by atoms with E-state index in [4.69, 9.17) is 15.6 Å². The van der Waals surface area contributed by atoms with Crippen molar-refractivity contribution in [2.75, 3.05) is 7.11 Å². The van der Waals surface area contributed by atoms with Gasteiger partial charge in [0.05, 0.1) is 32.0 Å². The van der Waals surface area contributed by atoms with Crippen molar-refractivity contribution in [3.8, 4) is 0 Å². The van der Waals surface area contributed by atoms with Crippen LogP contribution in [-0.4, -0.2) is 48.1 Å². The highest BCUT2D eigenvalue weighted by molar-refractivity contribution is 5.91. The molecule has 0 heterocycles. The Morgan fingerprint density at radius 3 is 2.14 bits per heavy atom. The third kappa shape index (κ3) is 7.36. The number of ether oxygens (including phenoxy) is 1. The summed E-state index contributed by atoms with van der Waals surface area (Å²) in [5.41, 5.74) is 6.26. The molecule has 2 amide bonds. The van der Waals surface area contributed by atoms with E-state index >= 15 is 0 Å². The van der Waals surface area contributed by atoms with Gasteiger partial charge in [0.25, 0.3) is 0 Å². The quantitative estimate of drug-likeness (QED) is 0.419.